The number of methoxy groups -OCH3 is 1. The molecule has 1 amide bonds. The number of carbonyl (C=O) groups excluding carboxylic acids is 1. The van der Waals surface area contributed by atoms with E-state index in [0.717, 1.165) is 37.3 Å². The molecule has 1 saturated heterocycles. The van der Waals surface area contributed by atoms with Crippen LogP contribution in [0.2, 0.25) is 0 Å². The molecule has 1 aliphatic heterocycles. The van der Waals surface area contributed by atoms with Crippen LogP contribution in [0.4, 0.5) is 0 Å². The molecule has 7 nitrogen and oxygen atoms in total. The van der Waals surface area contributed by atoms with E-state index in [0.29, 0.717) is 24.5 Å². The molecule has 1 aliphatic rings. The smallest absolute Gasteiger partial charge is 0.252 e. The average molecular weight is 430 g/mol. The van der Waals surface area contributed by atoms with Crippen molar-refractivity contribution in [3.05, 3.63) is 41.3 Å². The molecule has 0 saturated carbocycles. The number of nitrogens with zero attached hydrogens (tertiary/aromatic N) is 3. The summed E-state index contributed by atoms with van der Waals surface area (Å²) in [6.07, 6.45) is 3.60. The summed E-state index contributed by atoms with van der Waals surface area (Å²) in [6, 6.07) is 5.61. The first kappa shape index (κ1) is 24.4. The predicted octanol–water partition coefficient (Wildman–Crippen LogP) is 2.47. The fourth-order valence-corrected chi connectivity index (χ4v) is 3.51. The molecule has 28 heavy (non-hydrogen) atoms. The fraction of sp³-hybridized carbons (Fsp3) is 0.526. The van der Waals surface area contributed by atoms with Crippen molar-refractivity contribution in [2.75, 3.05) is 33.4 Å². The lowest BCUT2D eigenvalue weighted by atomic mass is 9.79. The van der Waals surface area contributed by atoms with E-state index in [-0.39, 0.29) is 36.1 Å². The van der Waals surface area contributed by atoms with Gasteiger partial charge in [0.25, 0.3) is 5.91 Å². The molecule has 2 N–H and O–H groups in total. The zero-order chi connectivity index (χ0) is 18.6. The molecular weight excluding hydrogens is 401 g/mol. The van der Waals surface area contributed by atoms with Crippen LogP contribution in [0.25, 0.3) is 5.82 Å². The van der Waals surface area contributed by atoms with Gasteiger partial charge in [-0.1, -0.05) is 0 Å². The number of nitrogens with one attached hydrogen (secondary N) is 2. The van der Waals surface area contributed by atoms with Gasteiger partial charge in [-0.15, -0.1) is 24.8 Å². The van der Waals surface area contributed by atoms with Gasteiger partial charge in [0, 0.05) is 31.0 Å². The molecule has 9 heteroatoms. The van der Waals surface area contributed by atoms with Crippen LogP contribution < -0.4 is 10.6 Å². The molecule has 0 bridgehead atoms. The Morgan fingerprint density at radius 1 is 1.29 bits per heavy atom. The van der Waals surface area contributed by atoms with Crippen LogP contribution in [0.1, 0.15) is 34.6 Å². The molecule has 0 atom stereocenters. The highest BCUT2D eigenvalue weighted by atomic mass is 35.5. The molecule has 2 aromatic heterocycles. The third-order valence-corrected chi connectivity index (χ3v) is 4.98. The van der Waals surface area contributed by atoms with Gasteiger partial charge in [-0.2, -0.15) is 5.10 Å². The van der Waals surface area contributed by atoms with Crippen molar-refractivity contribution < 1.29 is 9.53 Å². The Morgan fingerprint density at radius 3 is 2.54 bits per heavy atom. The van der Waals surface area contributed by atoms with Crippen molar-refractivity contribution in [2.45, 2.75) is 26.7 Å². The number of aryl methyl sites for hydroxylation is 2. The average Bonchev–Trinajstić information content (AvgIpc) is 2.99. The maximum atomic E-state index is 12.5. The van der Waals surface area contributed by atoms with Crippen molar-refractivity contribution in [3.63, 3.8) is 0 Å². The maximum Gasteiger partial charge on any atom is 0.252 e. The molecule has 0 unspecified atom stereocenters. The number of hydrogen-bond donors (Lipinski definition) is 2. The molecule has 0 radical (unpaired) electrons. The fourth-order valence-electron chi connectivity index (χ4n) is 3.51. The molecule has 2 aromatic rings. The first-order valence-electron chi connectivity index (χ1n) is 9.01. The highest BCUT2D eigenvalue weighted by molar-refractivity contribution is 5.93. The topological polar surface area (TPSA) is 81.1 Å². The van der Waals surface area contributed by atoms with Gasteiger partial charge in [-0.05, 0) is 58.0 Å². The van der Waals surface area contributed by atoms with Crippen LogP contribution in [-0.2, 0) is 4.74 Å². The number of halogens is 2. The van der Waals surface area contributed by atoms with Crippen LogP contribution >= 0.6 is 24.8 Å². The van der Waals surface area contributed by atoms with Gasteiger partial charge in [0.1, 0.15) is 0 Å². The lowest BCUT2D eigenvalue weighted by Gasteiger charge is -2.37. The van der Waals surface area contributed by atoms with Crippen molar-refractivity contribution >= 4 is 30.7 Å². The highest BCUT2D eigenvalue weighted by Gasteiger charge is 2.32. The summed E-state index contributed by atoms with van der Waals surface area (Å²) in [5.41, 5.74) is 2.51. The highest BCUT2D eigenvalue weighted by Crippen LogP contribution is 2.28. The number of amides is 1. The van der Waals surface area contributed by atoms with Gasteiger partial charge in [0.05, 0.1) is 17.9 Å². The van der Waals surface area contributed by atoms with Gasteiger partial charge in [0.2, 0.25) is 0 Å². The van der Waals surface area contributed by atoms with Crippen molar-refractivity contribution in [3.8, 4) is 5.82 Å². The SMILES string of the molecule is COCC1(CNC(=O)c2ccc(-n3nc(C)cc3C)nc2)CCNCC1.Cl.Cl. The third-order valence-electron chi connectivity index (χ3n) is 4.98. The second kappa shape index (κ2) is 10.8. The van der Waals surface area contributed by atoms with E-state index in [1.807, 2.05) is 26.0 Å². The van der Waals surface area contributed by atoms with E-state index in [1.165, 1.54) is 0 Å². The number of piperidine rings is 1. The van der Waals surface area contributed by atoms with Crippen LogP contribution in [-0.4, -0.2) is 54.0 Å². The first-order chi connectivity index (χ1) is 12.5. The van der Waals surface area contributed by atoms with Crippen LogP contribution in [0, 0.1) is 19.3 Å². The quantitative estimate of drug-likeness (QED) is 0.736. The number of pyridine rings is 1. The van der Waals surface area contributed by atoms with E-state index in [4.69, 9.17) is 4.74 Å². The summed E-state index contributed by atoms with van der Waals surface area (Å²) in [5.74, 6) is 0.604. The molecule has 1 fully saturated rings. The van der Waals surface area contributed by atoms with Gasteiger partial charge >= 0.3 is 0 Å². The minimum atomic E-state index is -0.105. The molecule has 0 aliphatic carbocycles. The lowest BCUT2D eigenvalue weighted by molar-refractivity contribution is 0.0511. The van der Waals surface area contributed by atoms with Crippen LogP contribution in [0.5, 0.6) is 0 Å². The van der Waals surface area contributed by atoms with E-state index in [1.54, 1.807) is 24.1 Å². The summed E-state index contributed by atoms with van der Waals surface area (Å²) in [6.45, 7) is 7.11. The molecule has 3 heterocycles. The first-order valence-corrected chi connectivity index (χ1v) is 9.01. The van der Waals surface area contributed by atoms with Crippen LogP contribution in [0.3, 0.4) is 0 Å². The molecule has 0 spiro atoms. The Labute approximate surface area is 178 Å². The molecule has 0 aromatic carbocycles. The molecule has 156 valence electrons. The van der Waals surface area contributed by atoms with Crippen LogP contribution in [0.15, 0.2) is 24.4 Å². The second-order valence-electron chi connectivity index (χ2n) is 7.11. The summed E-state index contributed by atoms with van der Waals surface area (Å²) >= 11 is 0. The Hall–Kier alpha value is -1.67. The Morgan fingerprint density at radius 2 is 2.00 bits per heavy atom. The zero-order valence-electron chi connectivity index (χ0n) is 16.5. The van der Waals surface area contributed by atoms with E-state index >= 15 is 0 Å². The Kier molecular flexibility index (Phi) is 9.36. The maximum absolute atomic E-state index is 12.5. The summed E-state index contributed by atoms with van der Waals surface area (Å²) in [5, 5.41) is 10.8. The van der Waals surface area contributed by atoms with Gasteiger partial charge in [-0.25, -0.2) is 9.67 Å². The third kappa shape index (κ3) is 5.67. The number of aromatic nitrogens is 3. The molecule has 3 rings (SSSR count). The van der Waals surface area contributed by atoms with E-state index in [2.05, 4.69) is 20.7 Å². The van der Waals surface area contributed by atoms with Crippen molar-refractivity contribution in [2.24, 2.45) is 5.41 Å². The normalized spacial score (nSPS) is 15.2. The minimum Gasteiger partial charge on any atom is -0.384 e. The lowest BCUT2D eigenvalue weighted by Crippen LogP contribution is -2.47. The van der Waals surface area contributed by atoms with E-state index in [9.17, 15) is 4.79 Å². The number of ether oxygens (including phenoxy) is 1. The second-order valence-corrected chi connectivity index (χ2v) is 7.11. The Bertz CT molecular complexity index is 753. The number of rotatable bonds is 6. The largest absolute Gasteiger partial charge is 0.384 e. The van der Waals surface area contributed by atoms with E-state index < -0.39 is 0 Å². The van der Waals surface area contributed by atoms with Crippen molar-refractivity contribution in [1.29, 1.82) is 0 Å². The minimum absolute atomic E-state index is 0. The summed E-state index contributed by atoms with van der Waals surface area (Å²) < 4.78 is 7.18. The standard InChI is InChI=1S/C19H27N5O2.2ClH/c1-14-10-15(2)24(23-14)17-5-4-16(11-21-17)18(25)22-12-19(13-26-3)6-8-20-9-7-19;;/h4-5,10-11,20H,6-9,12-13H2,1-3H3,(H,22,25);2*1H. The van der Waals surface area contributed by atoms with Gasteiger partial charge < -0.3 is 15.4 Å². The van der Waals surface area contributed by atoms with Gasteiger partial charge in [0.15, 0.2) is 5.82 Å². The molecular formula is C19H29Cl2N5O2. The van der Waals surface area contributed by atoms with Crippen molar-refractivity contribution in [1.82, 2.24) is 25.4 Å². The Balaban J connectivity index is 0.00000196. The monoisotopic (exact) mass is 429 g/mol. The number of hydrogen-bond acceptors (Lipinski definition) is 5. The predicted molar refractivity (Wildman–Crippen MR) is 114 cm³/mol. The number of carbonyl (C=O) groups is 1. The summed E-state index contributed by atoms with van der Waals surface area (Å²) in [4.78, 5) is 16.9. The summed E-state index contributed by atoms with van der Waals surface area (Å²) in [7, 11) is 1.72. The zero-order valence-corrected chi connectivity index (χ0v) is 18.2. The van der Waals surface area contributed by atoms with Gasteiger partial charge in [-0.3, -0.25) is 4.79 Å².